The predicted molar refractivity (Wildman–Crippen MR) is 157 cm³/mol. The quantitative estimate of drug-likeness (QED) is 0.0874. The Bertz CT molecular complexity index is 1610. The van der Waals surface area contributed by atoms with E-state index in [-0.39, 0.29) is 40.7 Å². The molecule has 0 spiro atoms. The minimum atomic E-state index is 0. The third-order valence-corrected chi connectivity index (χ3v) is 7.24. The molecule has 4 aliphatic carbocycles. The summed E-state index contributed by atoms with van der Waals surface area (Å²) < 4.78 is 0. The predicted octanol–water partition coefficient (Wildman–Crippen LogP) is 9.21. The maximum absolute atomic E-state index is 3.70. The first-order valence-corrected chi connectivity index (χ1v) is 12.1. The molecule has 0 aromatic heterocycles. The molecule has 2 bridgehead atoms. The van der Waals surface area contributed by atoms with Crippen LogP contribution in [0.25, 0.3) is 27.8 Å². The van der Waals surface area contributed by atoms with Gasteiger partial charge in [0.25, 0.3) is 0 Å². The number of rotatable bonds is 0. The van der Waals surface area contributed by atoms with Crippen LogP contribution in [-0.2, 0) is 32.3 Å². The fourth-order valence-corrected chi connectivity index (χ4v) is 5.59. The van der Waals surface area contributed by atoms with Crippen molar-refractivity contribution in [1.29, 1.82) is 0 Å². The van der Waals surface area contributed by atoms with Gasteiger partial charge in [-0.2, -0.15) is 35.6 Å². The van der Waals surface area contributed by atoms with Gasteiger partial charge in [0.05, 0.1) is 0 Å². The van der Waals surface area contributed by atoms with Gasteiger partial charge in [0.2, 0.25) is 0 Å². The number of hydrogen-bond donors (Lipinski definition) is 0. The molecule has 0 heterocycles. The van der Waals surface area contributed by atoms with Crippen molar-refractivity contribution in [2.45, 2.75) is 13.3 Å². The Morgan fingerprint density at radius 1 is 0.658 bits per heavy atom. The van der Waals surface area contributed by atoms with Crippen LogP contribution in [0, 0.1) is 27.0 Å². The molecule has 4 aromatic carbocycles. The molecule has 38 heavy (non-hydrogen) atoms. The molecule has 0 nitrogen and oxygen atoms in total. The van der Waals surface area contributed by atoms with E-state index in [1.165, 1.54) is 72.4 Å². The van der Waals surface area contributed by atoms with Crippen molar-refractivity contribution in [3.8, 4) is 22.3 Å². The first-order chi connectivity index (χ1) is 17.3. The molecule has 1 heteroatoms. The SMILES string of the molecule is CC1=C2C=CC(=C1)C2=C=C1c2[c-]cccc2-c2ccccc21.[CH3-].[CH3-].[Hf+4].[c-]1cccc2c1Cc1ccccc1-2. The summed E-state index contributed by atoms with van der Waals surface area (Å²) in [5.74, 6) is 0. The summed E-state index contributed by atoms with van der Waals surface area (Å²) in [6.07, 6.45) is 7.67. The number of hydrogen-bond acceptors (Lipinski definition) is 0. The number of allylic oxidation sites excluding steroid dienone is 7. The molecule has 8 rings (SSSR count). The number of benzene rings is 4. The summed E-state index contributed by atoms with van der Waals surface area (Å²) in [5.41, 5.74) is 20.5. The van der Waals surface area contributed by atoms with Crippen molar-refractivity contribution in [3.63, 3.8) is 0 Å². The smallest absolute Gasteiger partial charge is 0.358 e. The molecule has 4 aromatic rings. The Kier molecular flexibility index (Phi) is 8.02. The average molecular weight is 651 g/mol. The molecule has 0 unspecified atom stereocenters. The second-order valence-electron chi connectivity index (χ2n) is 9.31. The normalized spacial score (nSPS) is 14.0. The van der Waals surface area contributed by atoms with Gasteiger partial charge in [0.15, 0.2) is 0 Å². The van der Waals surface area contributed by atoms with E-state index in [9.17, 15) is 0 Å². The maximum atomic E-state index is 3.70. The van der Waals surface area contributed by atoms with Gasteiger partial charge in [0.1, 0.15) is 0 Å². The fraction of sp³-hybridized carbons (Fsp3) is 0.0541. The van der Waals surface area contributed by atoms with Crippen LogP contribution in [0.3, 0.4) is 0 Å². The molecule has 0 saturated heterocycles. The molecule has 0 atom stereocenters. The molecule has 4 aliphatic rings. The van der Waals surface area contributed by atoms with Crippen molar-refractivity contribution in [3.05, 3.63) is 180 Å². The summed E-state index contributed by atoms with van der Waals surface area (Å²) >= 11 is 0. The second kappa shape index (κ2) is 11.1. The van der Waals surface area contributed by atoms with Gasteiger partial charge in [-0.1, -0.05) is 89.0 Å². The summed E-state index contributed by atoms with van der Waals surface area (Å²) in [5, 5.41) is 0. The van der Waals surface area contributed by atoms with E-state index in [2.05, 4.69) is 116 Å². The topological polar surface area (TPSA) is 0 Å². The first-order valence-electron chi connectivity index (χ1n) is 12.1. The standard InChI is InChI=1S/C22H13.C13H9.2CH3.Hf/c1-14-12-15-10-11-16(14)21(15)13-22-19-8-4-2-6-17(19)18-7-3-5-9-20(18)22;1-3-7-12-10(5-1)9-11-6-2-4-8-13(11)12;;;/h2-8,10-12H,1H3;1-5,7-8H,9H2;2*1H3;/q4*-1;+4. The van der Waals surface area contributed by atoms with E-state index in [0.29, 0.717) is 0 Å². The Morgan fingerprint density at radius 2 is 1.32 bits per heavy atom. The Morgan fingerprint density at radius 3 is 2.05 bits per heavy atom. The molecule has 0 radical (unpaired) electrons. The Labute approximate surface area is 246 Å². The van der Waals surface area contributed by atoms with E-state index in [0.717, 1.165) is 6.42 Å². The van der Waals surface area contributed by atoms with Gasteiger partial charge >= 0.3 is 25.8 Å². The van der Waals surface area contributed by atoms with Gasteiger partial charge in [0, 0.05) is 5.57 Å². The minimum Gasteiger partial charge on any atom is -0.358 e. The van der Waals surface area contributed by atoms with E-state index in [1.54, 1.807) is 0 Å². The van der Waals surface area contributed by atoms with Crippen LogP contribution in [-0.4, -0.2) is 0 Å². The Hall–Kier alpha value is -3.51. The summed E-state index contributed by atoms with van der Waals surface area (Å²) in [4.78, 5) is 0. The van der Waals surface area contributed by atoms with Gasteiger partial charge < -0.3 is 14.9 Å². The Balaban J connectivity index is 0.000000182. The molecule has 0 N–H and O–H groups in total. The minimum absolute atomic E-state index is 0. The van der Waals surface area contributed by atoms with Crippen molar-refractivity contribution in [2.75, 3.05) is 0 Å². The van der Waals surface area contributed by atoms with Crippen molar-refractivity contribution < 1.29 is 25.8 Å². The zero-order valence-corrected chi connectivity index (χ0v) is 25.6. The second-order valence-corrected chi connectivity index (χ2v) is 9.31. The van der Waals surface area contributed by atoms with E-state index in [4.69, 9.17) is 0 Å². The first kappa shape index (κ1) is 27.5. The van der Waals surface area contributed by atoms with Gasteiger partial charge in [-0.25, -0.2) is 0 Å². The van der Waals surface area contributed by atoms with E-state index in [1.807, 2.05) is 12.1 Å². The van der Waals surface area contributed by atoms with Crippen molar-refractivity contribution in [2.24, 2.45) is 0 Å². The van der Waals surface area contributed by atoms with Gasteiger partial charge in [-0.3, -0.25) is 0 Å². The number of fused-ring (bicyclic) bond motifs is 8. The van der Waals surface area contributed by atoms with Crippen molar-refractivity contribution in [1.82, 2.24) is 0 Å². The molecule has 0 aliphatic heterocycles. The monoisotopic (exact) mass is 652 g/mol. The van der Waals surface area contributed by atoms with Crippen LogP contribution < -0.4 is 0 Å². The molecular weight excluding hydrogens is 623 g/mol. The van der Waals surface area contributed by atoms with Crippen LogP contribution >= 0.6 is 0 Å². The maximum Gasteiger partial charge on any atom is 4.00 e. The van der Waals surface area contributed by atoms with Crippen LogP contribution in [0.4, 0.5) is 0 Å². The molecule has 0 amide bonds. The molecule has 180 valence electrons. The van der Waals surface area contributed by atoms with E-state index < -0.39 is 0 Å². The van der Waals surface area contributed by atoms with Crippen molar-refractivity contribution >= 4 is 5.57 Å². The van der Waals surface area contributed by atoms with Crippen LogP contribution in [0.2, 0.25) is 0 Å². The summed E-state index contributed by atoms with van der Waals surface area (Å²) in [7, 11) is 0. The van der Waals surface area contributed by atoms with E-state index >= 15 is 0 Å². The zero-order chi connectivity index (χ0) is 23.4. The molecular formula is C37H28Hf. The summed E-state index contributed by atoms with van der Waals surface area (Å²) in [6, 6.07) is 36.3. The zero-order valence-electron chi connectivity index (χ0n) is 22.0. The third-order valence-electron chi connectivity index (χ3n) is 7.24. The van der Waals surface area contributed by atoms with Gasteiger partial charge in [-0.15, -0.1) is 41.0 Å². The molecule has 0 fully saturated rings. The van der Waals surface area contributed by atoms with Crippen LogP contribution in [0.5, 0.6) is 0 Å². The average Bonchev–Trinajstić information content (AvgIpc) is 3.64. The summed E-state index contributed by atoms with van der Waals surface area (Å²) in [6.45, 7) is 2.17. The molecule has 0 saturated carbocycles. The van der Waals surface area contributed by atoms with Crippen LogP contribution in [0.1, 0.15) is 29.2 Å². The van der Waals surface area contributed by atoms with Gasteiger partial charge in [-0.05, 0) is 35.6 Å². The largest absolute Gasteiger partial charge is 4.00 e. The van der Waals surface area contributed by atoms with Crippen LogP contribution in [0.15, 0.2) is 131 Å². The fourth-order valence-electron chi connectivity index (χ4n) is 5.59. The third kappa shape index (κ3) is 4.41.